The molecule has 1 atom stereocenters. The van der Waals surface area contributed by atoms with Gasteiger partial charge in [0, 0.05) is 34.1 Å². The van der Waals surface area contributed by atoms with Gasteiger partial charge in [0.1, 0.15) is 5.75 Å². The summed E-state index contributed by atoms with van der Waals surface area (Å²) in [5.74, 6) is -0.300. The fraction of sp³-hybridized carbons (Fsp3) is 0.267. The van der Waals surface area contributed by atoms with Gasteiger partial charge >= 0.3 is 0 Å². The van der Waals surface area contributed by atoms with E-state index in [0.29, 0.717) is 34.3 Å². The maximum Gasteiger partial charge on any atom is 0.255 e. The Morgan fingerprint density at radius 1 is 1.05 bits per heavy atom. The summed E-state index contributed by atoms with van der Waals surface area (Å²) in [6, 6.07) is 18.6. The van der Waals surface area contributed by atoms with Gasteiger partial charge in [-0.15, -0.1) is 0 Å². The van der Waals surface area contributed by atoms with E-state index in [9.17, 15) is 14.7 Å². The zero-order valence-corrected chi connectivity index (χ0v) is 23.7. The molecule has 1 aromatic heterocycles. The summed E-state index contributed by atoms with van der Waals surface area (Å²) in [4.78, 5) is 25.3. The lowest BCUT2D eigenvalue weighted by molar-refractivity contribution is 0.0911. The van der Waals surface area contributed by atoms with Crippen LogP contribution in [0.15, 0.2) is 66.9 Å². The highest BCUT2D eigenvalue weighted by Crippen LogP contribution is 2.30. The summed E-state index contributed by atoms with van der Waals surface area (Å²) in [5.41, 5.74) is 11.1. The summed E-state index contributed by atoms with van der Waals surface area (Å²) < 4.78 is 8.58. The van der Waals surface area contributed by atoms with Gasteiger partial charge in [0.15, 0.2) is 0 Å². The maximum atomic E-state index is 13.5. The van der Waals surface area contributed by atoms with Crippen LogP contribution < -0.4 is 15.8 Å². The molecule has 0 saturated carbocycles. The number of halogens is 1. The summed E-state index contributed by atoms with van der Waals surface area (Å²) in [5, 5.41) is 14.2. The predicted octanol–water partition coefficient (Wildman–Crippen LogP) is 5.00. The number of nitrogens with zero attached hydrogens (tertiary/aromatic N) is 1. The van der Waals surface area contributed by atoms with Gasteiger partial charge in [-0.1, -0.05) is 59.8 Å². The molecule has 7 nitrogen and oxygen atoms in total. The zero-order valence-electron chi connectivity index (χ0n) is 21.5. The van der Waals surface area contributed by atoms with E-state index in [2.05, 4.69) is 38.5 Å². The number of primary amides is 1. The number of benzene rings is 3. The summed E-state index contributed by atoms with van der Waals surface area (Å²) >= 11 is 2.20. The SMILES string of the molecule is CCCOc1ccc(-c2ccc(C(N)=O)c(CI)c2)cc1C(=O)NC(CO)Cc1cn(C)c2ccccc12. The molecule has 0 fully saturated rings. The Morgan fingerprint density at radius 2 is 1.79 bits per heavy atom. The number of aryl methyl sites for hydroxylation is 1. The third kappa shape index (κ3) is 6.02. The van der Waals surface area contributed by atoms with Crippen LogP contribution >= 0.6 is 22.6 Å². The molecule has 1 unspecified atom stereocenters. The van der Waals surface area contributed by atoms with Gasteiger partial charge in [-0.25, -0.2) is 0 Å². The average Bonchev–Trinajstić information content (AvgIpc) is 3.25. The van der Waals surface area contributed by atoms with Crippen molar-refractivity contribution in [2.45, 2.75) is 30.2 Å². The molecule has 0 aliphatic rings. The molecule has 198 valence electrons. The average molecular weight is 626 g/mol. The number of nitrogens with one attached hydrogen (secondary N) is 1. The van der Waals surface area contributed by atoms with E-state index in [-0.39, 0.29) is 12.5 Å². The number of hydrogen-bond donors (Lipinski definition) is 3. The topological polar surface area (TPSA) is 107 Å². The Labute approximate surface area is 236 Å². The Kier molecular flexibility index (Phi) is 9.06. The van der Waals surface area contributed by atoms with Gasteiger partial charge in [0.05, 0.1) is 24.8 Å². The maximum absolute atomic E-state index is 13.5. The van der Waals surface area contributed by atoms with Crippen molar-refractivity contribution in [2.75, 3.05) is 13.2 Å². The number of fused-ring (bicyclic) bond motifs is 1. The minimum Gasteiger partial charge on any atom is -0.493 e. The van der Waals surface area contributed by atoms with Gasteiger partial charge in [-0.3, -0.25) is 9.59 Å². The van der Waals surface area contributed by atoms with E-state index in [1.54, 1.807) is 18.2 Å². The van der Waals surface area contributed by atoms with E-state index in [4.69, 9.17) is 10.5 Å². The lowest BCUT2D eigenvalue weighted by Gasteiger charge is -2.18. The molecule has 3 aromatic carbocycles. The Bertz CT molecular complexity index is 1460. The first-order chi connectivity index (χ1) is 18.4. The molecule has 0 spiro atoms. The zero-order chi connectivity index (χ0) is 27.2. The van der Waals surface area contributed by atoms with Crippen molar-refractivity contribution in [1.82, 2.24) is 9.88 Å². The van der Waals surface area contributed by atoms with Crippen molar-refractivity contribution in [3.63, 3.8) is 0 Å². The Morgan fingerprint density at radius 3 is 2.50 bits per heavy atom. The van der Waals surface area contributed by atoms with Crippen molar-refractivity contribution in [3.05, 3.63) is 89.1 Å². The van der Waals surface area contributed by atoms with Crippen molar-refractivity contribution >= 4 is 45.3 Å². The first-order valence-corrected chi connectivity index (χ1v) is 14.1. The third-order valence-corrected chi connectivity index (χ3v) is 7.36. The van der Waals surface area contributed by atoms with E-state index >= 15 is 0 Å². The number of nitrogens with two attached hydrogens (primary N) is 1. The third-order valence-electron chi connectivity index (χ3n) is 6.54. The van der Waals surface area contributed by atoms with Crippen LogP contribution in [0.1, 0.15) is 45.2 Å². The van der Waals surface area contributed by atoms with E-state index in [0.717, 1.165) is 39.6 Å². The van der Waals surface area contributed by atoms with Crippen LogP contribution in [0.25, 0.3) is 22.0 Å². The second-order valence-electron chi connectivity index (χ2n) is 9.27. The molecule has 1 heterocycles. The molecule has 0 aliphatic carbocycles. The monoisotopic (exact) mass is 625 g/mol. The fourth-order valence-corrected chi connectivity index (χ4v) is 5.26. The van der Waals surface area contributed by atoms with Crippen LogP contribution in [0.2, 0.25) is 0 Å². The van der Waals surface area contributed by atoms with Crippen molar-refractivity contribution in [3.8, 4) is 16.9 Å². The lowest BCUT2D eigenvalue weighted by atomic mass is 9.97. The van der Waals surface area contributed by atoms with Gasteiger partial charge in [-0.05, 0) is 65.4 Å². The number of hydrogen-bond acceptors (Lipinski definition) is 4. The second kappa shape index (κ2) is 12.4. The highest BCUT2D eigenvalue weighted by atomic mass is 127. The van der Waals surface area contributed by atoms with Gasteiger partial charge < -0.3 is 25.5 Å². The van der Waals surface area contributed by atoms with Crippen LogP contribution in [-0.4, -0.2) is 40.7 Å². The summed E-state index contributed by atoms with van der Waals surface area (Å²) in [6.07, 6.45) is 3.33. The number of aliphatic hydroxyl groups excluding tert-OH is 1. The number of carbonyl (C=O) groups is 2. The second-order valence-corrected chi connectivity index (χ2v) is 10.0. The van der Waals surface area contributed by atoms with Crippen LogP contribution in [0, 0.1) is 0 Å². The number of rotatable bonds is 11. The smallest absolute Gasteiger partial charge is 0.255 e. The van der Waals surface area contributed by atoms with E-state index in [1.807, 2.05) is 56.6 Å². The number of ether oxygens (including phenoxy) is 1. The van der Waals surface area contributed by atoms with Crippen LogP contribution in [0.3, 0.4) is 0 Å². The standard InChI is InChI=1S/C30H32IN3O4/c1-3-12-38-28-11-9-20(19-8-10-25(29(32)36)21(13-19)16-31)15-26(28)30(37)33-23(18-35)14-22-17-34(2)27-7-5-4-6-24(22)27/h4-11,13,15,17,23,35H,3,12,14,16,18H2,1-2H3,(H2,32,36)(H,33,37). The predicted molar refractivity (Wildman–Crippen MR) is 159 cm³/mol. The number of carbonyl (C=O) groups excluding carboxylic acids is 2. The van der Waals surface area contributed by atoms with Crippen LogP contribution in [-0.2, 0) is 17.9 Å². The number of para-hydroxylation sites is 1. The Balaban J connectivity index is 1.64. The fourth-order valence-electron chi connectivity index (χ4n) is 4.63. The van der Waals surface area contributed by atoms with E-state index in [1.165, 1.54) is 0 Å². The molecular formula is C30H32IN3O4. The lowest BCUT2D eigenvalue weighted by Crippen LogP contribution is -2.39. The molecule has 4 aromatic rings. The van der Waals surface area contributed by atoms with Crippen molar-refractivity contribution < 1.29 is 19.4 Å². The number of alkyl halides is 1. The van der Waals surface area contributed by atoms with Gasteiger partial charge in [-0.2, -0.15) is 0 Å². The summed E-state index contributed by atoms with van der Waals surface area (Å²) in [7, 11) is 1.99. The highest BCUT2D eigenvalue weighted by molar-refractivity contribution is 14.1. The molecule has 4 N–H and O–H groups in total. The van der Waals surface area contributed by atoms with E-state index < -0.39 is 11.9 Å². The molecule has 0 aliphatic heterocycles. The molecule has 8 heteroatoms. The molecule has 0 radical (unpaired) electrons. The van der Waals surface area contributed by atoms with Crippen molar-refractivity contribution in [2.24, 2.45) is 12.8 Å². The van der Waals surface area contributed by atoms with Crippen LogP contribution in [0.5, 0.6) is 5.75 Å². The van der Waals surface area contributed by atoms with Gasteiger partial charge in [0.25, 0.3) is 5.91 Å². The molecular weight excluding hydrogens is 593 g/mol. The first-order valence-electron chi connectivity index (χ1n) is 12.6. The first kappa shape index (κ1) is 27.7. The number of amides is 2. The molecule has 2 amide bonds. The largest absolute Gasteiger partial charge is 0.493 e. The number of aliphatic hydroxyl groups is 1. The molecule has 38 heavy (non-hydrogen) atoms. The molecule has 0 bridgehead atoms. The highest BCUT2D eigenvalue weighted by Gasteiger charge is 2.20. The van der Waals surface area contributed by atoms with Crippen LogP contribution in [0.4, 0.5) is 0 Å². The quantitative estimate of drug-likeness (QED) is 0.161. The minimum atomic E-state index is -0.475. The number of aromatic nitrogens is 1. The minimum absolute atomic E-state index is 0.201. The van der Waals surface area contributed by atoms with Gasteiger partial charge in [0.2, 0.25) is 5.91 Å². The summed E-state index contributed by atoms with van der Waals surface area (Å²) in [6.45, 7) is 2.28. The molecule has 4 rings (SSSR count). The molecule has 0 saturated heterocycles. The van der Waals surface area contributed by atoms with Crippen molar-refractivity contribution in [1.29, 1.82) is 0 Å². The normalized spacial score (nSPS) is 11.9. The Hall–Kier alpha value is -3.37.